The van der Waals surface area contributed by atoms with Crippen LogP contribution in [0.2, 0.25) is 5.02 Å². The molecule has 0 saturated heterocycles. The lowest BCUT2D eigenvalue weighted by atomic mass is 10.0. The van der Waals surface area contributed by atoms with Crippen LogP contribution in [0.4, 0.5) is 0 Å². The van der Waals surface area contributed by atoms with Gasteiger partial charge in [0.05, 0.1) is 24.9 Å². The Hall–Kier alpha value is -3.89. The number of thiophene rings is 1. The van der Waals surface area contributed by atoms with Gasteiger partial charge in [-0.2, -0.15) is 0 Å². The number of halogens is 1. The van der Waals surface area contributed by atoms with Crippen molar-refractivity contribution >= 4 is 45.1 Å². The number of ether oxygens (including phenoxy) is 3. The van der Waals surface area contributed by atoms with E-state index in [-0.39, 0.29) is 42.3 Å². The molecule has 2 aromatic carbocycles. The van der Waals surface area contributed by atoms with Gasteiger partial charge in [0.25, 0.3) is 5.56 Å². The quantitative estimate of drug-likeness (QED) is 0.191. The molecule has 2 aliphatic rings. The Labute approximate surface area is 250 Å². The Bertz CT molecular complexity index is 1710. The molecule has 1 N–H and O–H groups in total. The molecule has 42 heavy (non-hydrogen) atoms. The second-order valence-corrected chi connectivity index (χ2v) is 12.3. The fraction of sp³-hybridized carbons (Fsp3) is 0.355. The van der Waals surface area contributed by atoms with E-state index in [0.717, 1.165) is 29.7 Å². The molecule has 2 aromatic heterocycles. The molecule has 6 rings (SSSR count). The van der Waals surface area contributed by atoms with Gasteiger partial charge in [-0.05, 0) is 67.5 Å². The second-order valence-electron chi connectivity index (χ2n) is 10.8. The van der Waals surface area contributed by atoms with Crippen LogP contribution in [0.15, 0.2) is 59.7 Å². The monoisotopic (exact) mass is 608 g/mol. The van der Waals surface area contributed by atoms with Crippen LogP contribution in [0, 0.1) is 11.3 Å². The minimum atomic E-state index is -0.925. The molecule has 4 aromatic rings. The maximum atomic E-state index is 13.5. The molecule has 0 aliphatic heterocycles. The zero-order valence-electron chi connectivity index (χ0n) is 22.9. The fourth-order valence-electron chi connectivity index (χ4n) is 5.39. The topological polar surface area (TPSA) is 117 Å². The smallest absolute Gasteiger partial charge is 0.306 e. The Kier molecular flexibility index (Phi) is 7.67. The van der Waals surface area contributed by atoms with Crippen molar-refractivity contribution in [3.63, 3.8) is 0 Å². The Morgan fingerprint density at radius 1 is 1.12 bits per heavy atom. The molecule has 2 atom stereocenters. The molecule has 2 heterocycles. The van der Waals surface area contributed by atoms with Gasteiger partial charge in [0.15, 0.2) is 11.5 Å². The third-order valence-corrected chi connectivity index (χ3v) is 9.38. The van der Waals surface area contributed by atoms with Gasteiger partial charge in [-0.1, -0.05) is 23.7 Å². The van der Waals surface area contributed by atoms with Crippen LogP contribution in [0.1, 0.15) is 38.5 Å². The van der Waals surface area contributed by atoms with Gasteiger partial charge < -0.3 is 19.3 Å². The van der Waals surface area contributed by atoms with E-state index in [9.17, 15) is 14.4 Å². The lowest BCUT2D eigenvalue weighted by molar-refractivity contribution is -0.147. The maximum absolute atomic E-state index is 13.5. The largest absolute Gasteiger partial charge is 0.493 e. The summed E-state index contributed by atoms with van der Waals surface area (Å²) in [5.74, 6) is 0.142. The molecule has 2 fully saturated rings. The number of carbonyl (C=O) groups excluding carboxylic acids is 1. The van der Waals surface area contributed by atoms with E-state index >= 15 is 0 Å². The summed E-state index contributed by atoms with van der Waals surface area (Å²) in [6.45, 7) is 0.372. The number of esters is 1. The molecule has 0 radical (unpaired) electrons. The van der Waals surface area contributed by atoms with Crippen molar-refractivity contribution in [1.29, 1.82) is 0 Å². The van der Waals surface area contributed by atoms with Crippen LogP contribution in [-0.2, 0) is 14.3 Å². The standard InChI is InChI=1S/C31H29ClN2O7S/c1-39-24-13-21(34-17-33-22-14-25(42-29(22)30(34)38)18-5-9-20(32)10-6-18)11-12-23(24)40-16-31(19-7-8-19)15-26(31)41-28(37)4-2-3-27(35)36/h5-6,9-14,17,19,26H,2-4,7-8,15-16H2,1H3,(H,35,36)/t26?,31-/m0/s1. The first kappa shape index (κ1) is 28.2. The van der Waals surface area contributed by atoms with E-state index in [1.165, 1.54) is 22.2 Å². The number of benzene rings is 2. The summed E-state index contributed by atoms with van der Waals surface area (Å²) in [6.07, 6.45) is 4.43. The average molecular weight is 609 g/mol. The molecule has 0 spiro atoms. The zero-order valence-corrected chi connectivity index (χ0v) is 24.5. The molecule has 9 nitrogen and oxygen atoms in total. The Morgan fingerprint density at radius 2 is 1.90 bits per heavy atom. The van der Waals surface area contributed by atoms with E-state index in [0.29, 0.717) is 45.0 Å². The normalized spacial score (nSPS) is 19.4. The first-order valence-corrected chi connectivity index (χ1v) is 15.0. The predicted octanol–water partition coefficient (Wildman–Crippen LogP) is 6.12. The summed E-state index contributed by atoms with van der Waals surface area (Å²) in [6, 6.07) is 14.7. The summed E-state index contributed by atoms with van der Waals surface area (Å²) >= 11 is 7.41. The lowest BCUT2D eigenvalue weighted by Crippen LogP contribution is -2.23. The van der Waals surface area contributed by atoms with Gasteiger partial charge in [0, 0.05) is 34.2 Å². The molecular weight excluding hydrogens is 580 g/mol. The highest BCUT2D eigenvalue weighted by Crippen LogP contribution is 2.63. The first-order chi connectivity index (χ1) is 20.3. The number of hydrogen-bond acceptors (Lipinski definition) is 8. The number of aromatic nitrogens is 2. The van der Waals surface area contributed by atoms with Crippen LogP contribution in [0.25, 0.3) is 26.3 Å². The second kappa shape index (κ2) is 11.4. The van der Waals surface area contributed by atoms with Crippen LogP contribution in [0.3, 0.4) is 0 Å². The van der Waals surface area contributed by atoms with E-state index < -0.39 is 5.97 Å². The number of fused-ring (bicyclic) bond motifs is 1. The number of hydrogen-bond donors (Lipinski definition) is 1. The number of methoxy groups -OCH3 is 1. The van der Waals surface area contributed by atoms with Crippen LogP contribution < -0.4 is 15.0 Å². The van der Waals surface area contributed by atoms with Crippen molar-refractivity contribution < 1.29 is 28.9 Å². The van der Waals surface area contributed by atoms with Crippen molar-refractivity contribution in [3.8, 4) is 27.6 Å². The average Bonchev–Trinajstić information content (AvgIpc) is 3.89. The molecule has 0 amide bonds. The Morgan fingerprint density at radius 3 is 2.62 bits per heavy atom. The van der Waals surface area contributed by atoms with Gasteiger partial charge in [-0.25, -0.2) is 4.98 Å². The minimum Gasteiger partial charge on any atom is -0.493 e. The molecule has 1 unspecified atom stereocenters. The van der Waals surface area contributed by atoms with Gasteiger partial charge in [0.2, 0.25) is 0 Å². The molecular formula is C31H29ClN2O7S. The predicted molar refractivity (Wildman–Crippen MR) is 159 cm³/mol. The van der Waals surface area contributed by atoms with Crippen molar-refractivity contribution in [3.05, 3.63) is 70.2 Å². The van der Waals surface area contributed by atoms with Gasteiger partial charge in [-0.3, -0.25) is 19.0 Å². The SMILES string of the molecule is COc1cc(-n2cnc3cc(-c4ccc(Cl)cc4)sc3c2=O)ccc1OC[C@]1(C2CC2)CC1OC(=O)CCCC(=O)O. The van der Waals surface area contributed by atoms with Crippen molar-refractivity contribution in [2.75, 3.05) is 13.7 Å². The fourth-order valence-corrected chi connectivity index (χ4v) is 6.57. The lowest BCUT2D eigenvalue weighted by Gasteiger charge is -2.19. The Balaban J connectivity index is 1.17. The number of aliphatic carboxylic acids is 1. The minimum absolute atomic E-state index is 0.0553. The number of carbonyl (C=O) groups is 2. The van der Waals surface area contributed by atoms with E-state index in [2.05, 4.69) is 4.98 Å². The van der Waals surface area contributed by atoms with E-state index in [1.54, 1.807) is 25.3 Å². The number of carboxylic acids is 1. The molecule has 11 heteroatoms. The molecule has 218 valence electrons. The summed E-state index contributed by atoms with van der Waals surface area (Å²) in [5, 5.41) is 9.44. The summed E-state index contributed by atoms with van der Waals surface area (Å²) < 4.78 is 19.6. The number of rotatable bonds is 12. The zero-order chi connectivity index (χ0) is 29.4. The summed E-state index contributed by atoms with van der Waals surface area (Å²) in [7, 11) is 1.54. The first-order valence-electron chi connectivity index (χ1n) is 13.8. The van der Waals surface area contributed by atoms with Crippen molar-refractivity contribution in [2.24, 2.45) is 11.3 Å². The van der Waals surface area contributed by atoms with Crippen molar-refractivity contribution in [1.82, 2.24) is 9.55 Å². The number of nitrogens with zero attached hydrogens (tertiary/aromatic N) is 2. The van der Waals surface area contributed by atoms with Gasteiger partial charge in [-0.15, -0.1) is 11.3 Å². The highest BCUT2D eigenvalue weighted by molar-refractivity contribution is 7.22. The number of carboxylic acid groups (broad SMARTS) is 1. The summed E-state index contributed by atoms with van der Waals surface area (Å²) in [5.41, 5.74) is 1.77. The highest BCUT2D eigenvalue weighted by Gasteiger charge is 2.65. The molecule has 0 bridgehead atoms. The highest BCUT2D eigenvalue weighted by atomic mass is 35.5. The van der Waals surface area contributed by atoms with Crippen LogP contribution in [-0.4, -0.2) is 46.4 Å². The third kappa shape index (κ3) is 5.73. The van der Waals surface area contributed by atoms with Crippen LogP contribution >= 0.6 is 22.9 Å². The van der Waals surface area contributed by atoms with Gasteiger partial charge in [0.1, 0.15) is 17.1 Å². The van der Waals surface area contributed by atoms with Crippen LogP contribution in [0.5, 0.6) is 11.5 Å². The summed E-state index contributed by atoms with van der Waals surface area (Å²) in [4.78, 5) is 41.9. The van der Waals surface area contributed by atoms with E-state index in [1.807, 2.05) is 30.3 Å². The maximum Gasteiger partial charge on any atom is 0.306 e. The van der Waals surface area contributed by atoms with Crippen molar-refractivity contribution in [2.45, 2.75) is 44.6 Å². The molecule has 2 saturated carbocycles. The molecule has 2 aliphatic carbocycles. The third-order valence-electron chi connectivity index (χ3n) is 7.97. The van der Waals surface area contributed by atoms with E-state index in [4.69, 9.17) is 30.9 Å². The van der Waals surface area contributed by atoms with Gasteiger partial charge >= 0.3 is 11.9 Å².